The summed E-state index contributed by atoms with van der Waals surface area (Å²) in [4.78, 5) is 12.2. The van der Waals surface area contributed by atoms with Gasteiger partial charge in [-0.15, -0.1) is 6.58 Å². The van der Waals surface area contributed by atoms with Crippen LogP contribution in [0, 0.1) is 0 Å². The zero-order valence-corrected chi connectivity index (χ0v) is 17.0. The van der Waals surface area contributed by atoms with Crippen LogP contribution in [0.3, 0.4) is 0 Å². The number of nitrogens with one attached hydrogen (secondary N) is 2. The topological polar surface area (TPSA) is 41.1 Å². The summed E-state index contributed by atoms with van der Waals surface area (Å²) in [6.07, 6.45) is 8.24. The van der Waals surface area contributed by atoms with Gasteiger partial charge in [-0.3, -0.25) is 4.79 Å². The highest BCUT2D eigenvalue weighted by molar-refractivity contribution is 5.96. The van der Waals surface area contributed by atoms with Crippen molar-refractivity contribution in [3.63, 3.8) is 0 Å². The maximum Gasteiger partial charge on any atom is 0.251 e. The smallest absolute Gasteiger partial charge is 0.251 e. The maximum atomic E-state index is 12.2. The first-order chi connectivity index (χ1) is 12.0. The lowest BCUT2D eigenvalue weighted by atomic mass is 9.99. The van der Waals surface area contributed by atoms with Crippen LogP contribution in [0.2, 0.25) is 0 Å². The number of rotatable bonds is 10. The van der Waals surface area contributed by atoms with Crippen LogP contribution in [0.5, 0.6) is 0 Å². The highest BCUT2D eigenvalue weighted by Crippen LogP contribution is 2.18. The number of carbonyl (C=O) groups excluding carboxylic acids is 1. The largest absolute Gasteiger partial charge is 0.388 e. The Labute approximate surface area is 155 Å². The van der Waals surface area contributed by atoms with Crippen molar-refractivity contribution in [3.8, 4) is 0 Å². The Kier molecular flexibility index (Phi) is 13.5. The molecule has 0 aliphatic rings. The third-order valence-corrected chi connectivity index (χ3v) is 3.96. The molecular weight excluding hydrogens is 308 g/mol. The van der Waals surface area contributed by atoms with E-state index in [1.807, 2.05) is 39.1 Å². The molecule has 1 amide bonds. The number of hydrogen-bond donors (Lipinski definition) is 2. The average Bonchev–Trinajstić information content (AvgIpc) is 2.62. The lowest BCUT2D eigenvalue weighted by molar-refractivity contribution is 0.0952. The number of allylic oxidation sites excluding steroid dienone is 1. The molecule has 0 bridgehead atoms. The van der Waals surface area contributed by atoms with Gasteiger partial charge in [0, 0.05) is 24.8 Å². The van der Waals surface area contributed by atoms with Gasteiger partial charge in [-0.05, 0) is 43.9 Å². The van der Waals surface area contributed by atoms with Crippen molar-refractivity contribution in [2.45, 2.75) is 72.6 Å². The summed E-state index contributed by atoms with van der Waals surface area (Å²) >= 11 is 0. The molecule has 142 valence electrons. The first-order valence-corrected chi connectivity index (χ1v) is 9.73. The Balaban J connectivity index is 0.000000823. The number of amides is 1. The van der Waals surface area contributed by atoms with Crippen LogP contribution >= 0.6 is 0 Å². The molecule has 1 rings (SSSR count). The molecule has 0 fully saturated rings. The molecule has 0 saturated carbocycles. The van der Waals surface area contributed by atoms with Crippen molar-refractivity contribution in [3.05, 3.63) is 41.5 Å². The molecule has 0 saturated heterocycles. The molecular formula is C22H38N2O. The Morgan fingerprint density at radius 1 is 1.08 bits per heavy atom. The van der Waals surface area contributed by atoms with Crippen molar-refractivity contribution >= 4 is 11.6 Å². The summed E-state index contributed by atoms with van der Waals surface area (Å²) in [7, 11) is 1.86. The van der Waals surface area contributed by atoms with E-state index in [1.165, 1.54) is 25.7 Å². The predicted molar refractivity (Wildman–Crippen MR) is 112 cm³/mol. The number of carbonyl (C=O) groups is 1. The Bertz CT molecular complexity index is 505. The number of aryl methyl sites for hydroxylation is 1. The van der Waals surface area contributed by atoms with E-state index in [-0.39, 0.29) is 5.91 Å². The van der Waals surface area contributed by atoms with Crippen molar-refractivity contribution < 1.29 is 4.79 Å². The Hall–Kier alpha value is -1.77. The highest BCUT2D eigenvalue weighted by Gasteiger charge is 2.11. The molecule has 0 spiro atoms. The molecule has 0 aromatic heterocycles. The summed E-state index contributed by atoms with van der Waals surface area (Å²) in [6, 6.07) is 5.94. The molecule has 1 aromatic rings. The van der Waals surface area contributed by atoms with Gasteiger partial charge in [-0.1, -0.05) is 58.1 Å². The van der Waals surface area contributed by atoms with Gasteiger partial charge < -0.3 is 10.6 Å². The minimum atomic E-state index is 0.00988. The van der Waals surface area contributed by atoms with Crippen molar-refractivity contribution in [2.75, 3.05) is 18.9 Å². The quantitative estimate of drug-likeness (QED) is 0.405. The minimum absolute atomic E-state index is 0.00988. The van der Waals surface area contributed by atoms with E-state index < -0.39 is 0 Å². The minimum Gasteiger partial charge on any atom is -0.388 e. The van der Waals surface area contributed by atoms with Crippen LogP contribution < -0.4 is 10.6 Å². The lowest BCUT2D eigenvalue weighted by Crippen LogP contribution is -2.25. The zero-order valence-electron chi connectivity index (χ0n) is 17.0. The van der Waals surface area contributed by atoms with E-state index in [1.54, 1.807) is 0 Å². The first-order valence-electron chi connectivity index (χ1n) is 9.73. The van der Waals surface area contributed by atoms with Gasteiger partial charge in [0.1, 0.15) is 0 Å². The van der Waals surface area contributed by atoms with Crippen LogP contribution in [0.1, 0.15) is 82.1 Å². The van der Waals surface area contributed by atoms with E-state index in [2.05, 4.69) is 31.1 Å². The van der Waals surface area contributed by atoms with Crippen molar-refractivity contribution in [1.29, 1.82) is 0 Å². The first kappa shape index (κ1) is 23.2. The van der Waals surface area contributed by atoms with Gasteiger partial charge >= 0.3 is 0 Å². The lowest BCUT2D eigenvalue weighted by Gasteiger charge is -2.12. The molecule has 1 aromatic carbocycles. The standard InChI is InChI=1S/C16H24N2O.C6H14/c1-5-10-18-16(19)15-11-14(17-4)9-8-13(15)7-6-12(2)3;1-3-5-6-4-2/h8-9,11,17H,2,5-7,10H2,1,3-4H3,(H,18,19);3-6H2,1-2H3. The number of anilines is 1. The summed E-state index contributed by atoms with van der Waals surface area (Å²) in [5, 5.41) is 6.01. The molecule has 0 aliphatic heterocycles. The fourth-order valence-corrected chi connectivity index (χ4v) is 2.34. The van der Waals surface area contributed by atoms with Gasteiger partial charge in [-0.2, -0.15) is 0 Å². The van der Waals surface area contributed by atoms with Crippen LogP contribution in [0.15, 0.2) is 30.4 Å². The van der Waals surface area contributed by atoms with Crippen molar-refractivity contribution in [2.24, 2.45) is 0 Å². The van der Waals surface area contributed by atoms with Crippen LogP contribution in [-0.4, -0.2) is 19.5 Å². The molecule has 0 unspecified atom stereocenters. The normalized spacial score (nSPS) is 9.80. The van der Waals surface area contributed by atoms with E-state index in [0.29, 0.717) is 6.54 Å². The molecule has 0 atom stereocenters. The molecule has 3 heteroatoms. The second-order valence-corrected chi connectivity index (χ2v) is 6.54. The molecule has 0 radical (unpaired) electrons. The van der Waals surface area contributed by atoms with Crippen LogP contribution in [0.25, 0.3) is 0 Å². The fraction of sp³-hybridized carbons (Fsp3) is 0.591. The molecule has 0 aliphatic carbocycles. The molecule has 25 heavy (non-hydrogen) atoms. The second kappa shape index (κ2) is 14.6. The van der Waals surface area contributed by atoms with Gasteiger partial charge in [0.25, 0.3) is 5.91 Å². The predicted octanol–water partition coefficient (Wildman–Crippen LogP) is 5.96. The summed E-state index contributed by atoms with van der Waals surface area (Å²) in [5.74, 6) is 0.00988. The second-order valence-electron chi connectivity index (χ2n) is 6.54. The summed E-state index contributed by atoms with van der Waals surface area (Å²) in [5.41, 5.74) is 3.94. The highest BCUT2D eigenvalue weighted by atomic mass is 16.1. The Morgan fingerprint density at radius 2 is 1.72 bits per heavy atom. The third kappa shape index (κ3) is 10.6. The fourth-order valence-electron chi connectivity index (χ4n) is 2.34. The summed E-state index contributed by atoms with van der Waals surface area (Å²) < 4.78 is 0. The van der Waals surface area contributed by atoms with Gasteiger partial charge in [0.05, 0.1) is 0 Å². The average molecular weight is 347 g/mol. The third-order valence-electron chi connectivity index (χ3n) is 3.96. The number of hydrogen-bond acceptors (Lipinski definition) is 2. The van der Waals surface area contributed by atoms with E-state index in [0.717, 1.165) is 41.6 Å². The Morgan fingerprint density at radius 3 is 2.20 bits per heavy atom. The van der Waals surface area contributed by atoms with E-state index >= 15 is 0 Å². The maximum absolute atomic E-state index is 12.2. The molecule has 0 heterocycles. The monoisotopic (exact) mass is 346 g/mol. The van der Waals surface area contributed by atoms with E-state index in [9.17, 15) is 4.79 Å². The van der Waals surface area contributed by atoms with Crippen LogP contribution in [-0.2, 0) is 6.42 Å². The SMILES string of the molecule is C=C(C)CCc1ccc(NC)cc1C(=O)NCCC.CCCCCC. The number of unbranched alkanes of at least 4 members (excludes halogenated alkanes) is 3. The van der Waals surface area contributed by atoms with Gasteiger partial charge in [0.15, 0.2) is 0 Å². The van der Waals surface area contributed by atoms with E-state index in [4.69, 9.17) is 0 Å². The zero-order chi connectivity index (χ0) is 19.1. The van der Waals surface area contributed by atoms with Crippen molar-refractivity contribution in [1.82, 2.24) is 5.32 Å². The van der Waals surface area contributed by atoms with Gasteiger partial charge in [0.2, 0.25) is 0 Å². The summed E-state index contributed by atoms with van der Waals surface area (Å²) in [6.45, 7) is 13.2. The number of benzene rings is 1. The molecule has 3 nitrogen and oxygen atoms in total. The van der Waals surface area contributed by atoms with Crippen LogP contribution in [0.4, 0.5) is 5.69 Å². The van der Waals surface area contributed by atoms with Gasteiger partial charge in [-0.25, -0.2) is 0 Å². The molecule has 2 N–H and O–H groups in total.